The summed E-state index contributed by atoms with van der Waals surface area (Å²) in [5, 5.41) is 0. The molecule has 116 valence electrons. The van der Waals surface area contributed by atoms with E-state index in [2.05, 4.69) is 0 Å². The first-order chi connectivity index (χ1) is 9.30. The molecule has 1 aliphatic carbocycles. The Labute approximate surface area is 121 Å². The monoisotopic (exact) mass is 303 g/mol. The summed E-state index contributed by atoms with van der Waals surface area (Å²) in [7, 11) is -1.29. The third-order valence-electron chi connectivity index (χ3n) is 4.73. The van der Waals surface area contributed by atoms with E-state index >= 15 is 0 Å². The van der Waals surface area contributed by atoms with Crippen molar-refractivity contribution in [2.24, 2.45) is 11.7 Å². The Morgan fingerprint density at radius 3 is 2.20 bits per heavy atom. The predicted octanol–water partition coefficient (Wildman–Crippen LogP) is -0.00380. The highest BCUT2D eigenvalue weighted by Gasteiger charge is 2.35. The van der Waals surface area contributed by atoms with Crippen LogP contribution in [0.4, 0.5) is 0 Å². The van der Waals surface area contributed by atoms with E-state index in [1.165, 1.54) is 17.0 Å². The van der Waals surface area contributed by atoms with Crippen LogP contribution >= 0.6 is 0 Å². The number of carbonyl (C=O) groups is 1. The first-order valence-electron chi connectivity index (χ1n) is 7.28. The molecule has 0 aromatic heterocycles. The van der Waals surface area contributed by atoms with Crippen LogP contribution in [0.1, 0.15) is 32.1 Å². The first kappa shape index (κ1) is 15.7. The van der Waals surface area contributed by atoms with Gasteiger partial charge in [-0.2, -0.15) is 0 Å². The summed E-state index contributed by atoms with van der Waals surface area (Å²) in [6, 6.07) is -0.146. The van der Waals surface area contributed by atoms with Crippen molar-refractivity contribution in [1.82, 2.24) is 9.21 Å². The number of rotatable bonds is 4. The van der Waals surface area contributed by atoms with Gasteiger partial charge in [-0.05, 0) is 38.0 Å². The largest absolute Gasteiger partial charge is 0.341 e. The SMILES string of the molecule is CN(C(=O)C(N)C1CCN(S(C)(=O)=O)CC1)C1CCC1. The highest BCUT2D eigenvalue weighted by Crippen LogP contribution is 2.26. The average Bonchev–Trinajstić information content (AvgIpc) is 2.34. The molecule has 0 aromatic rings. The van der Waals surface area contributed by atoms with E-state index in [0.717, 1.165) is 12.8 Å². The Bertz CT molecular complexity index is 453. The van der Waals surface area contributed by atoms with Crippen LogP contribution in [0.25, 0.3) is 0 Å². The zero-order chi connectivity index (χ0) is 14.9. The normalized spacial score (nSPS) is 24.1. The maximum absolute atomic E-state index is 12.3. The van der Waals surface area contributed by atoms with Gasteiger partial charge in [0.1, 0.15) is 0 Å². The fourth-order valence-corrected chi connectivity index (χ4v) is 3.83. The standard InChI is InChI=1S/C13H25N3O3S/c1-15(11-4-3-5-11)13(17)12(14)10-6-8-16(9-7-10)20(2,18)19/h10-12H,3-9,14H2,1-2H3. The van der Waals surface area contributed by atoms with E-state index in [1.807, 2.05) is 7.05 Å². The molecule has 1 saturated heterocycles. The van der Waals surface area contributed by atoms with Crippen molar-refractivity contribution in [2.75, 3.05) is 26.4 Å². The molecular formula is C13H25N3O3S. The van der Waals surface area contributed by atoms with Crippen LogP contribution in [-0.2, 0) is 14.8 Å². The number of nitrogens with two attached hydrogens (primary N) is 1. The second-order valence-electron chi connectivity index (χ2n) is 6.06. The number of hydrogen-bond donors (Lipinski definition) is 1. The second kappa shape index (κ2) is 5.99. The summed E-state index contributed by atoms with van der Waals surface area (Å²) in [5.41, 5.74) is 6.10. The molecule has 6 nitrogen and oxygen atoms in total. The van der Waals surface area contributed by atoms with E-state index in [9.17, 15) is 13.2 Å². The van der Waals surface area contributed by atoms with Gasteiger partial charge in [0.05, 0.1) is 12.3 Å². The third kappa shape index (κ3) is 3.32. The second-order valence-corrected chi connectivity index (χ2v) is 8.04. The Morgan fingerprint density at radius 1 is 1.25 bits per heavy atom. The lowest BCUT2D eigenvalue weighted by molar-refractivity contribution is -0.136. The third-order valence-corrected chi connectivity index (χ3v) is 6.03. The molecular weight excluding hydrogens is 278 g/mol. The summed E-state index contributed by atoms with van der Waals surface area (Å²) in [5.74, 6) is 0.0931. The molecule has 2 aliphatic rings. The van der Waals surface area contributed by atoms with E-state index in [4.69, 9.17) is 5.73 Å². The van der Waals surface area contributed by atoms with Crippen molar-refractivity contribution in [3.8, 4) is 0 Å². The Morgan fingerprint density at radius 2 is 1.80 bits per heavy atom. The van der Waals surface area contributed by atoms with Gasteiger partial charge < -0.3 is 10.6 Å². The minimum absolute atomic E-state index is 0.00695. The van der Waals surface area contributed by atoms with E-state index in [1.54, 1.807) is 4.90 Å². The van der Waals surface area contributed by atoms with Gasteiger partial charge in [0.2, 0.25) is 15.9 Å². The van der Waals surface area contributed by atoms with Gasteiger partial charge in [-0.15, -0.1) is 0 Å². The van der Waals surface area contributed by atoms with E-state index < -0.39 is 16.1 Å². The lowest BCUT2D eigenvalue weighted by Crippen LogP contribution is -2.53. The Balaban J connectivity index is 1.87. The van der Waals surface area contributed by atoms with Crippen LogP contribution in [0, 0.1) is 5.92 Å². The molecule has 2 rings (SSSR count). The number of likely N-dealkylation sites (N-methyl/N-ethyl adjacent to an activating group) is 1. The zero-order valence-electron chi connectivity index (χ0n) is 12.3. The number of carbonyl (C=O) groups excluding carboxylic acids is 1. The van der Waals surface area contributed by atoms with Gasteiger partial charge in [0.15, 0.2) is 0 Å². The van der Waals surface area contributed by atoms with Gasteiger partial charge in [0.25, 0.3) is 0 Å². The quantitative estimate of drug-likeness (QED) is 0.792. The molecule has 1 heterocycles. The van der Waals surface area contributed by atoms with Crippen molar-refractivity contribution in [3.63, 3.8) is 0 Å². The van der Waals surface area contributed by atoms with Crippen LogP contribution in [0.3, 0.4) is 0 Å². The van der Waals surface area contributed by atoms with Crippen molar-refractivity contribution >= 4 is 15.9 Å². The molecule has 0 radical (unpaired) electrons. The zero-order valence-corrected chi connectivity index (χ0v) is 13.1. The minimum Gasteiger partial charge on any atom is -0.341 e. The Hall–Kier alpha value is -0.660. The smallest absolute Gasteiger partial charge is 0.239 e. The van der Waals surface area contributed by atoms with Gasteiger partial charge in [-0.1, -0.05) is 0 Å². The molecule has 7 heteroatoms. The van der Waals surface area contributed by atoms with E-state index in [-0.39, 0.29) is 11.8 Å². The maximum Gasteiger partial charge on any atom is 0.239 e. The predicted molar refractivity (Wildman–Crippen MR) is 77.5 cm³/mol. The number of nitrogens with zero attached hydrogens (tertiary/aromatic N) is 2. The van der Waals surface area contributed by atoms with Crippen LogP contribution in [0.5, 0.6) is 0 Å². The van der Waals surface area contributed by atoms with Crippen molar-refractivity contribution in [1.29, 1.82) is 0 Å². The van der Waals surface area contributed by atoms with Crippen LogP contribution in [0.15, 0.2) is 0 Å². The number of hydrogen-bond acceptors (Lipinski definition) is 4. The number of amides is 1. The summed E-state index contributed by atoms with van der Waals surface area (Å²) in [6.45, 7) is 0.940. The van der Waals surface area contributed by atoms with Crippen LogP contribution in [-0.4, -0.2) is 62.0 Å². The molecule has 0 aromatic carbocycles. The van der Waals surface area contributed by atoms with Crippen molar-refractivity contribution in [2.45, 2.75) is 44.2 Å². The summed E-state index contributed by atoms with van der Waals surface area (Å²) < 4.78 is 24.4. The molecule has 2 fully saturated rings. The lowest BCUT2D eigenvalue weighted by Gasteiger charge is -2.39. The molecule has 1 amide bonds. The van der Waals surface area contributed by atoms with Crippen LogP contribution < -0.4 is 5.73 Å². The summed E-state index contributed by atoms with van der Waals surface area (Å²) in [6.07, 6.45) is 5.88. The topological polar surface area (TPSA) is 83.7 Å². The van der Waals surface area contributed by atoms with Crippen molar-refractivity contribution < 1.29 is 13.2 Å². The van der Waals surface area contributed by atoms with Gasteiger partial charge >= 0.3 is 0 Å². The molecule has 1 aliphatic heterocycles. The molecule has 0 spiro atoms. The number of piperidine rings is 1. The highest BCUT2D eigenvalue weighted by molar-refractivity contribution is 7.88. The molecule has 1 atom stereocenters. The first-order valence-corrected chi connectivity index (χ1v) is 9.13. The average molecular weight is 303 g/mol. The fourth-order valence-electron chi connectivity index (χ4n) is 2.96. The minimum atomic E-state index is -3.12. The van der Waals surface area contributed by atoms with E-state index in [0.29, 0.717) is 32.0 Å². The van der Waals surface area contributed by atoms with Crippen molar-refractivity contribution in [3.05, 3.63) is 0 Å². The molecule has 0 bridgehead atoms. The molecule has 2 N–H and O–H groups in total. The molecule has 1 unspecified atom stereocenters. The van der Waals surface area contributed by atoms with Gasteiger partial charge in [-0.3, -0.25) is 4.79 Å². The summed E-state index contributed by atoms with van der Waals surface area (Å²) in [4.78, 5) is 14.1. The molecule has 20 heavy (non-hydrogen) atoms. The molecule has 1 saturated carbocycles. The lowest BCUT2D eigenvalue weighted by atomic mass is 9.87. The summed E-state index contributed by atoms with van der Waals surface area (Å²) >= 11 is 0. The van der Waals surface area contributed by atoms with Gasteiger partial charge in [0, 0.05) is 26.2 Å². The number of sulfonamides is 1. The highest BCUT2D eigenvalue weighted by atomic mass is 32.2. The van der Waals surface area contributed by atoms with Crippen LogP contribution in [0.2, 0.25) is 0 Å². The Kier molecular flexibility index (Phi) is 4.71. The fraction of sp³-hybridized carbons (Fsp3) is 0.923. The maximum atomic E-state index is 12.3. The van der Waals surface area contributed by atoms with Gasteiger partial charge in [-0.25, -0.2) is 12.7 Å².